The van der Waals surface area contributed by atoms with E-state index in [2.05, 4.69) is 20.4 Å². The molecule has 1 aliphatic heterocycles. The Morgan fingerprint density at radius 1 is 1.52 bits per heavy atom. The van der Waals surface area contributed by atoms with Gasteiger partial charge in [-0.3, -0.25) is 4.90 Å². The average Bonchev–Trinajstić information content (AvgIpc) is 2.45. The molecule has 0 aromatic carbocycles. The predicted molar refractivity (Wildman–Crippen MR) is 81.0 cm³/mol. The monoisotopic (exact) mass is 314 g/mol. The van der Waals surface area contributed by atoms with Crippen LogP contribution < -0.4 is 5.32 Å². The highest BCUT2D eigenvalue weighted by Gasteiger charge is 2.20. The smallest absolute Gasteiger partial charge is 0.148 e. The molecule has 8 heteroatoms. The number of nitrogens with zero attached hydrogens (tertiary/aromatic N) is 3. The number of morpholine rings is 1. The fraction of sp³-hybridized carbons (Fsp3) is 0.692. The number of hydrogen-bond acceptors (Lipinski definition) is 7. The molecule has 1 atom stereocenters. The van der Waals surface area contributed by atoms with Crippen molar-refractivity contribution in [3.05, 3.63) is 18.3 Å². The molecule has 1 saturated heterocycles. The Bertz CT molecular complexity index is 523. The van der Waals surface area contributed by atoms with Crippen molar-refractivity contribution in [2.45, 2.75) is 12.5 Å². The molecule has 0 unspecified atom stereocenters. The van der Waals surface area contributed by atoms with E-state index in [9.17, 15) is 8.42 Å². The van der Waals surface area contributed by atoms with E-state index in [1.807, 2.05) is 12.1 Å². The molecule has 0 saturated carbocycles. The van der Waals surface area contributed by atoms with Crippen molar-refractivity contribution < 1.29 is 13.2 Å². The van der Waals surface area contributed by atoms with Crippen LogP contribution in [0.2, 0.25) is 0 Å². The van der Waals surface area contributed by atoms with Gasteiger partial charge in [0.05, 0.1) is 18.5 Å². The molecule has 7 nitrogen and oxygen atoms in total. The van der Waals surface area contributed by atoms with Crippen LogP contribution in [0.25, 0.3) is 0 Å². The molecule has 1 fully saturated rings. The molecule has 118 valence electrons. The molecule has 2 rings (SSSR count). The van der Waals surface area contributed by atoms with Crippen molar-refractivity contribution in [1.82, 2.24) is 15.1 Å². The number of aromatic nitrogens is 2. The van der Waals surface area contributed by atoms with Gasteiger partial charge in [-0.25, -0.2) is 8.42 Å². The summed E-state index contributed by atoms with van der Waals surface area (Å²) in [5.74, 6) is 0.975. The molecule has 1 aromatic heterocycles. The second-order valence-corrected chi connectivity index (χ2v) is 7.53. The molecule has 0 bridgehead atoms. The van der Waals surface area contributed by atoms with Crippen molar-refractivity contribution in [3.63, 3.8) is 0 Å². The summed E-state index contributed by atoms with van der Waals surface area (Å²) < 4.78 is 28.0. The minimum absolute atomic E-state index is 0.0824. The molecule has 2 heterocycles. The quantitative estimate of drug-likeness (QED) is 0.759. The van der Waals surface area contributed by atoms with Gasteiger partial charge in [0.2, 0.25) is 0 Å². The second kappa shape index (κ2) is 7.67. The molecule has 1 N–H and O–H groups in total. The van der Waals surface area contributed by atoms with Gasteiger partial charge >= 0.3 is 0 Å². The van der Waals surface area contributed by atoms with Crippen molar-refractivity contribution in [2.24, 2.45) is 0 Å². The summed E-state index contributed by atoms with van der Waals surface area (Å²) in [6.07, 6.45) is 3.66. The van der Waals surface area contributed by atoms with Crippen LogP contribution in [0.1, 0.15) is 6.42 Å². The molecule has 1 aliphatic rings. The van der Waals surface area contributed by atoms with Crippen molar-refractivity contribution in [2.75, 3.05) is 50.1 Å². The Morgan fingerprint density at radius 2 is 2.38 bits per heavy atom. The van der Waals surface area contributed by atoms with E-state index in [0.29, 0.717) is 19.6 Å². The van der Waals surface area contributed by atoms with Crippen molar-refractivity contribution in [3.8, 4) is 0 Å². The zero-order valence-electron chi connectivity index (χ0n) is 12.2. The zero-order chi connectivity index (χ0) is 15.1. The summed E-state index contributed by atoms with van der Waals surface area (Å²) >= 11 is 0. The fourth-order valence-corrected chi connectivity index (χ4v) is 2.93. The lowest BCUT2D eigenvalue weighted by Crippen LogP contribution is -2.45. The molecule has 21 heavy (non-hydrogen) atoms. The van der Waals surface area contributed by atoms with Gasteiger partial charge in [-0.2, -0.15) is 5.10 Å². The predicted octanol–water partition coefficient (Wildman–Crippen LogP) is 0.0240. The van der Waals surface area contributed by atoms with Crippen LogP contribution in [0.5, 0.6) is 0 Å². The number of hydrogen-bond donors (Lipinski definition) is 1. The maximum atomic E-state index is 11.1. The summed E-state index contributed by atoms with van der Waals surface area (Å²) in [4.78, 5) is 2.25. The molecule has 0 spiro atoms. The standard InChI is InChI=1S/C13H22N4O3S/c1-21(18,19)9-3-6-17-7-8-20-12(11-17)10-14-13-4-2-5-15-16-13/h2,4-5,12H,3,6-11H2,1H3,(H,14,16)/t12-/m1/s1. The molecule has 0 aliphatic carbocycles. The Labute approximate surface area is 125 Å². The third kappa shape index (κ3) is 6.36. The largest absolute Gasteiger partial charge is 0.374 e. The first-order valence-corrected chi connectivity index (χ1v) is 9.12. The Hall–Kier alpha value is -1.25. The number of rotatable bonds is 7. The minimum atomic E-state index is -2.87. The molecule has 0 amide bonds. The van der Waals surface area contributed by atoms with Gasteiger partial charge in [-0.15, -0.1) is 5.10 Å². The normalized spacial score (nSPS) is 20.3. The van der Waals surface area contributed by atoms with Crippen LogP contribution in [0.15, 0.2) is 18.3 Å². The molecular weight excluding hydrogens is 292 g/mol. The van der Waals surface area contributed by atoms with E-state index < -0.39 is 9.84 Å². The third-order valence-electron chi connectivity index (χ3n) is 3.30. The third-order valence-corrected chi connectivity index (χ3v) is 4.33. The summed E-state index contributed by atoms with van der Waals surface area (Å²) in [6, 6.07) is 3.69. The van der Waals surface area contributed by atoms with Gasteiger partial charge in [-0.1, -0.05) is 0 Å². The van der Waals surface area contributed by atoms with Crippen LogP contribution in [0.4, 0.5) is 5.82 Å². The van der Waals surface area contributed by atoms with Crippen LogP contribution >= 0.6 is 0 Å². The maximum absolute atomic E-state index is 11.1. The van der Waals surface area contributed by atoms with E-state index in [4.69, 9.17) is 4.74 Å². The Balaban J connectivity index is 1.70. The van der Waals surface area contributed by atoms with E-state index in [-0.39, 0.29) is 11.9 Å². The zero-order valence-corrected chi connectivity index (χ0v) is 13.1. The van der Waals surface area contributed by atoms with Gasteiger partial charge in [0.25, 0.3) is 0 Å². The summed E-state index contributed by atoms with van der Waals surface area (Å²) in [7, 11) is -2.87. The first kappa shape index (κ1) is 16.1. The van der Waals surface area contributed by atoms with Crippen LogP contribution in [0.3, 0.4) is 0 Å². The maximum Gasteiger partial charge on any atom is 0.148 e. The van der Waals surface area contributed by atoms with E-state index in [1.54, 1.807) is 6.20 Å². The van der Waals surface area contributed by atoms with Crippen molar-refractivity contribution >= 4 is 15.7 Å². The van der Waals surface area contributed by atoms with E-state index in [1.165, 1.54) is 6.26 Å². The molecular formula is C13H22N4O3S. The van der Waals surface area contributed by atoms with Gasteiger partial charge in [0, 0.05) is 32.1 Å². The highest BCUT2D eigenvalue weighted by atomic mass is 32.2. The lowest BCUT2D eigenvalue weighted by molar-refractivity contribution is -0.0208. The summed E-state index contributed by atoms with van der Waals surface area (Å²) in [5.41, 5.74) is 0. The average molecular weight is 314 g/mol. The summed E-state index contributed by atoms with van der Waals surface area (Å²) in [5, 5.41) is 11.0. The SMILES string of the molecule is CS(=O)(=O)CCCN1CCO[C@H](CNc2cccnn2)C1. The van der Waals surface area contributed by atoms with Crippen LogP contribution in [-0.2, 0) is 14.6 Å². The van der Waals surface area contributed by atoms with Crippen LogP contribution in [0, 0.1) is 0 Å². The van der Waals surface area contributed by atoms with Crippen molar-refractivity contribution in [1.29, 1.82) is 0 Å². The van der Waals surface area contributed by atoms with Gasteiger partial charge in [0.15, 0.2) is 0 Å². The topological polar surface area (TPSA) is 84.4 Å². The van der Waals surface area contributed by atoms with Crippen LogP contribution in [-0.4, -0.2) is 74.4 Å². The number of sulfone groups is 1. The van der Waals surface area contributed by atoms with Gasteiger partial charge in [0.1, 0.15) is 15.7 Å². The lowest BCUT2D eigenvalue weighted by Gasteiger charge is -2.33. The first-order chi connectivity index (χ1) is 10.0. The molecule has 0 radical (unpaired) electrons. The Morgan fingerprint density at radius 3 is 3.10 bits per heavy atom. The molecule has 1 aromatic rings. The van der Waals surface area contributed by atoms with Gasteiger partial charge in [-0.05, 0) is 25.1 Å². The number of anilines is 1. The second-order valence-electron chi connectivity index (χ2n) is 5.27. The van der Waals surface area contributed by atoms with Gasteiger partial charge < -0.3 is 10.1 Å². The summed E-state index contributed by atoms with van der Waals surface area (Å²) in [6.45, 7) is 3.79. The highest BCUT2D eigenvalue weighted by molar-refractivity contribution is 7.90. The minimum Gasteiger partial charge on any atom is -0.374 e. The lowest BCUT2D eigenvalue weighted by atomic mass is 10.2. The van der Waals surface area contributed by atoms with E-state index >= 15 is 0 Å². The number of ether oxygens (including phenoxy) is 1. The fourth-order valence-electron chi connectivity index (χ4n) is 2.27. The Kier molecular flexibility index (Phi) is 5.89. The van der Waals surface area contributed by atoms with E-state index in [0.717, 1.165) is 25.5 Å². The first-order valence-electron chi connectivity index (χ1n) is 7.06. The number of nitrogens with one attached hydrogen (secondary N) is 1. The highest BCUT2D eigenvalue weighted by Crippen LogP contribution is 2.08.